The van der Waals surface area contributed by atoms with E-state index in [0.29, 0.717) is 19.0 Å². The van der Waals surface area contributed by atoms with Gasteiger partial charge in [0.05, 0.1) is 18.8 Å². The van der Waals surface area contributed by atoms with Crippen LogP contribution in [0.4, 0.5) is 8.78 Å². The molecule has 41 heavy (non-hydrogen) atoms. The molecule has 0 unspecified atom stereocenters. The van der Waals surface area contributed by atoms with Crippen LogP contribution >= 0.6 is 0 Å². The van der Waals surface area contributed by atoms with Gasteiger partial charge in [-0.15, -0.1) is 0 Å². The normalized spacial score (nSPS) is 16.9. The molecule has 0 spiro atoms. The summed E-state index contributed by atoms with van der Waals surface area (Å²) in [5.41, 5.74) is -0.468. The zero-order chi connectivity index (χ0) is 29.3. The Morgan fingerprint density at radius 3 is 1.90 bits per heavy atom. The van der Waals surface area contributed by atoms with Crippen molar-refractivity contribution in [3.8, 4) is 17.2 Å². The minimum Gasteiger partial charge on any atom is -0.494 e. The van der Waals surface area contributed by atoms with Crippen molar-refractivity contribution in [2.24, 2.45) is 11.8 Å². The van der Waals surface area contributed by atoms with Gasteiger partial charge in [0.2, 0.25) is 5.82 Å². The Labute approximate surface area is 246 Å². The van der Waals surface area contributed by atoms with E-state index >= 15 is 0 Å². The van der Waals surface area contributed by atoms with E-state index in [1.54, 1.807) is 24.3 Å². The van der Waals surface area contributed by atoms with Crippen molar-refractivity contribution in [3.05, 3.63) is 53.6 Å². The van der Waals surface area contributed by atoms with Crippen LogP contribution in [0.2, 0.25) is 0 Å². The summed E-state index contributed by atoms with van der Waals surface area (Å²) in [6, 6.07) is 9.12. The highest BCUT2D eigenvalue weighted by atomic mass is 19.2. The molecular weight excluding hydrogens is 522 g/mol. The zero-order valence-corrected chi connectivity index (χ0v) is 25.2. The molecule has 228 valence electrons. The molecule has 0 aliphatic heterocycles. The van der Waals surface area contributed by atoms with E-state index in [9.17, 15) is 13.6 Å². The number of esters is 1. The molecule has 0 amide bonds. The third kappa shape index (κ3) is 11.6. The molecule has 1 aliphatic carbocycles. The molecule has 2 aromatic carbocycles. The predicted molar refractivity (Wildman–Crippen MR) is 161 cm³/mol. The Kier molecular flexibility index (Phi) is 15.0. The van der Waals surface area contributed by atoms with Crippen molar-refractivity contribution in [2.45, 2.75) is 117 Å². The fourth-order valence-corrected chi connectivity index (χ4v) is 5.69. The number of ether oxygens (including phenoxy) is 3. The lowest BCUT2D eigenvalue weighted by Gasteiger charge is -2.28. The Balaban J connectivity index is 1.35. The number of rotatable bonds is 19. The predicted octanol–water partition coefficient (Wildman–Crippen LogP) is 10.5. The maximum absolute atomic E-state index is 14.6. The zero-order valence-electron chi connectivity index (χ0n) is 25.2. The van der Waals surface area contributed by atoms with Crippen LogP contribution in [0.25, 0.3) is 0 Å². The molecule has 6 heteroatoms. The molecule has 0 radical (unpaired) electrons. The summed E-state index contributed by atoms with van der Waals surface area (Å²) in [7, 11) is 0. The number of carbonyl (C=O) groups excluding carboxylic acids is 1. The number of benzene rings is 2. The molecule has 0 bridgehead atoms. The van der Waals surface area contributed by atoms with Crippen molar-refractivity contribution in [3.63, 3.8) is 0 Å². The third-order valence-corrected chi connectivity index (χ3v) is 8.26. The highest BCUT2D eigenvalue weighted by Crippen LogP contribution is 2.34. The number of unbranched alkanes of at least 4 members (excludes halogenated alkanes) is 7. The van der Waals surface area contributed by atoms with Crippen LogP contribution in [-0.2, 0) is 0 Å². The summed E-state index contributed by atoms with van der Waals surface area (Å²) >= 11 is 0. The standard InChI is InChI=1S/C35H50F2O4/c1-3-5-7-8-9-11-25-40-32-24-23-31(33(36)34(32)37)35(38)41-30-21-19-29(20-22-30)39-26-12-14-28-17-15-27(16-18-28)13-10-6-4-2/h19-24,27-28H,3-18,25-26H2,1-2H3. The van der Waals surface area contributed by atoms with Crippen molar-refractivity contribution in [2.75, 3.05) is 13.2 Å². The molecular formula is C35H50F2O4. The first-order chi connectivity index (χ1) is 20.0. The van der Waals surface area contributed by atoms with Gasteiger partial charge in [-0.3, -0.25) is 0 Å². The Morgan fingerprint density at radius 1 is 0.659 bits per heavy atom. The lowest BCUT2D eigenvalue weighted by Crippen LogP contribution is -2.15. The maximum atomic E-state index is 14.6. The molecule has 1 fully saturated rings. The van der Waals surface area contributed by atoms with Crippen LogP contribution in [0.3, 0.4) is 0 Å². The van der Waals surface area contributed by atoms with Crippen LogP contribution in [0.5, 0.6) is 17.2 Å². The lowest BCUT2D eigenvalue weighted by molar-refractivity contribution is 0.0728. The minimum absolute atomic E-state index is 0.191. The van der Waals surface area contributed by atoms with E-state index in [1.807, 2.05) is 0 Å². The molecule has 1 aliphatic rings. The van der Waals surface area contributed by atoms with Crippen molar-refractivity contribution >= 4 is 5.97 Å². The van der Waals surface area contributed by atoms with Crippen LogP contribution in [0, 0.1) is 23.5 Å². The first-order valence-electron chi connectivity index (χ1n) is 16.1. The molecule has 3 rings (SSSR count). The summed E-state index contributed by atoms with van der Waals surface area (Å²) in [5, 5.41) is 0. The fourth-order valence-electron chi connectivity index (χ4n) is 5.69. The number of carbonyl (C=O) groups is 1. The van der Waals surface area contributed by atoms with Crippen molar-refractivity contribution in [1.82, 2.24) is 0 Å². The monoisotopic (exact) mass is 572 g/mol. The molecule has 0 saturated heterocycles. The fraction of sp³-hybridized carbons (Fsp3) is 0.629. The molecule has 0 N–H and O–H groups in total. The average molecular weight is 573 g/mol. The van der Waals surface area contributed by atoms with E-state index in [2.05, 4.69) is 13.8 Å². The third-order valence-electron chi connectivity index (χ3n) is 8.26. The van der Waals surface area contributed by atoms with Crippen LogP contribution in [-0.4, -0.2) is 19.2 Å². The highest BCUT2D eigenvalue weighted by molar-refractivity contribution is 5.91. The highest BCUT2D eigenvalue weighted by Gasteiger charge is 2.22. The summed E-state index contributed by atoms with van der Waals surface area (Å²) in [6.07, 6.45) is 19.5. The topological polar surface area (TPSA) is 44.8 Å². The van der Waals surface area contributed by atoms with E-state index < -0.39 is 23.2 Å². The summed E-state index contributed by atoms with van der Waals surface area (Å²) in [4.78, 5) is 12.5. The minimum atomic E-state index is -1.26. The van der Waals surface area contributed by atoms with Gasteiger partial charge in [-0.2, -0.15) is 4.39 Å². The van der Waals surface area contributed by atoms with Gasteiger partial charge in [0, 0.05) is 0 Å². The summed E-state index contributed by atoms with van der Waals surface area (Å²) < 4.78 is 45.7. The van der Waals surface area contributed by atoms with Gasteiger partial charge in [-0.05, 0) is 67.5 Å². The lowest BCUT2D eigenvalue weighted by atomic mass is 9.78. The number of hydrogen-bond acceptors (Lipinski definition) is 4. The van der Waals surface area contributed by atoms with Gasteiger partial charge in [0.1, 0.15) is 11.5 Å². The van der Waals surface area contributed by atoms with Crippen molar-refractivity contribution < 1.29 is 27.8 Å². The van der Waals surface area contributed by atoms with Crippen LogP contribution in [0.1, 0.15) is 127 Å². The largest absolute Gasteiger partial charge is 0.494 e. The van der Waals surface area contributed by atoms with Gasteiger partial charge < -0.3 is 14.2 Å². The average Bonchev–Trinajstić information content (AvgIpc) is 2.98. The van der Waals surface area contributed by atoms with E-state index in [0.717, 1.165) is 37.5 Å². The summed E-state index contributed by atoms with van der Waals surface area (Å²) in [5.74, 6) is -0.912. The van der Waals surface area contributed by atoms with Crippen LogP contribution < -0.4 is 14.2 Å². The molecule has 1 saturated carbocycles. The smallest absolute Gasteiger partial charge is 0.346 e. The van der Waals surface area contributed by atoms with Gasteiger partial charge in [0.15, 0.2) is 11.6 Å². The van der Waals surface area contributed by atoms with E-state index in [1.165, 1.54) is 89.2 Å². The van der Waals surface area contributed by atoms with Gasteiger partial charge >= 0.3 is 5.97 Å². The Morgan fingerprint density at radius 2 is 1.22 bits per heavy atom. The van der Waals surface area contributed by atoms with Crippen molar-refractivity contribution in [1.29, 1.82) is 0 Å². The number of halogens is 2. The molecule has 2 aromatic rings. The Hall–Kier alpha value is -2.63. The maximum Gasteiger partial charge on any atom is 0.346 e. The molecule has 0 heterocycles. The second-order valence-electron chi connectivity index (χ2n) is 11.6. The molecule has 0 aromatic heterocycles. The summed E-state index contributed by atoms with van der Waals surface area (Å²) in [6.45, 7) is 5.38. The van der Waals surface area contributed by atoms with Gasteiger partial charge in [-0.25, -0.2) is 9.18 Å². The van der Waals surface area contributed by atoms with Gasteiger partial charge in [0.25, 0.3) is 0 Å². The second kappa shape index (κ2) is 18.7. The van der Waals surface area contributed by atoms with Gasteiger partial charge in [-0.1, -0.05) is 97.3 Å². The molecule has 4 nitrogen and oxygen atoms in total. The first kappa shape index (κ1) is 32.9. The number of hydrogen-bond donors (Lipinski definition) is 0. The van der Waals surface area contributed by atoms with E-state index in [-0.39, 0.29) is 11.5 Å². The SMILES string of the molecule is CCCCCCCCOc1ccc(C(=O)Oc2ccc(OCCCC3CCC(CCCCC)CC3)cc2)c(F)c1F. The van der Waals surface area contributed by atoms with E-state index in [4.69, 9.17) is 14.2 Å². The van der Waals surface area contributed by atoms with Crippen LogP contribution in [0.15, 0.2) is 36.4 Å². The quantitative estimate of drug-likeness (QED) is 0.0954. The first-order valence-corrected chi connectivity index (χ1v) is 16.1. The second-order valence-corrected chi connectivity index (χ2v) is 11.6. The molecule has 0 atom stereocenters. The Bertz CT molecular complexity index is 1020.